The molecule has 3 nitrogen and oxygen atoms in total. The second-order valence-electron chi connectivity index (χ2n) is 5.28. The summed E-state index contributed by atoms with van der Waals surface area (Å²) in [6, 6.07) is 27.7. The van der Waals surface area contributed by atoms with Gasteiger partial charge in [0.05, 0.1) is 0 Å². The van der Waals surface area contributed by atoms with Crippen LogP contribution in [-0.2, 0) is 4.74 Å². The quantitative estimate of drug-likeness (QED) is 0.649. The molecule has 0 atom stereocenters. The minimum Gasteiger partial charge on any atom is -0.377 e. The summed E-state index contributed by atoms with van der Waals surface area (Å²) in [5.74, 6) is 0.0966. The highest BCUT2D eigenvalue weighted by Gasteiger charge is 2.06. The summed E-state index contributed by atoms with van der Waals surface area (Å²) >= 11 is 0. The molecule has 0 N–H and O–H groups in total. The molecular weight excluding hydrogens is 312 g/mol. The van der Waals surface area contributed by atoms with Gasteiger partial charge in [0, 0.05) is 23.8 Å². The molecule has 0 aromatic heterocycles. The molecule has 0 aliphatic heterocycles. The zero-order chi connectivity index (χ0) is 17.9. The predicted molar refractivity (Wildman–Crippen MR) is 99.0 cm³/mol. The molecule has 0 spiro atoms. The highest BCUT2D eigenvalue weighted by Crippen LogP contribution is 2.08. The van der Waals surface area contributed by atoms with E-state index in [0.29, 0.717) is 5.56 Å². The molecule has 0 amide bonds. The molecule has 0 saturated heterocycles. The van der Waals surface area contributed by atoms with Crippen LogP contribution >= 0.6 is 0 Å². The summed E-state index contributed by atoms with van der Waals surface area (Å²) < 4.78 is 4.71. The molecule has 0 bridgehead atoms. The molecule has 3 rings (SSSR count). The van der Waals surface area contributed by atoms with E-state index in [4.69, 9.17) is 4.74 Å². The molecule has 0 saturated carbocycles. The maximum Gasteiger partial charge on any atom is 0.193 e. The minimum absolute atomic E-state index is 0.0214. The van der Waals surface area contributed by atoms with E-state index in [-0.39, 0.29) is 18.2 Å². The fourth-order valence-corrected chi connectivity index (χ4v) is 2.18. The van der Waals surface area contributed by atoms with Crippen molar-refractivity contribution in [3.05, 3.63) is 108 Å². The van der Waals surface area contributed by atoms with Crippen LogP contribution in [0, 0.1) is 0 Å². The number of ether oxygens (including phenoxy) is 1. The van der Waals surface area contributed by atoms with Crippen molar-refractivity contribution in [3.63, 3.8) is 0 Å². The fourth-order valence-electron chi connectivity index (χ4n) is 2.18. The third-order valence-corrected chi connectivity index (χ3v) is 3.44. The van der Waals surface area contributed by atoms with Crippen LogP contribution in [0.25, 0.3) is 0 Å². The lowest BCUT2D eigenvalue weighted by Crippen LogP contribution is -2.06. The third-order valence-electron chi connectivity index (χ3n) is 3.44. The van der Waals surface area contributed by atoms with Gasteiger partial charge >= 0.3 is 0 Å². The first-order chi connectivity index (χ1) is 12.2. The Hall–Kier alpha value is -3.04. The average molecular weight is 332 g/mol. The van der Waals surface area contributed by atoms with Crippen LogP contribution in [0.4, 0.5) is 0 Å². The summed E-state index contributed by atoms with van der Waals surface area (Å²) in [7, 11) is 1.51. The van der Waals surface area contributed by atoms with E-state index >= 15 is 0 Å². The predicted octanol–water partition coefficient (Wildman–Crippen LogP) is 4.43. The molecule has 3 aromatic carbocycles. The third kappa shape index (κ3) is 5.83. The molecule has 3 aromatic rings. The molecule has 25 heavy (non-hydrogen) atoms. The van der Waals surface area contributed by atoms with Crippen molar-refractivity contribution in [2.75, 3.05) is 13.7 Å². The van der Waals surface area contributed by atoms with Crippen LogP contribution in [-0.4, -0.2) is 25.3 Å². The van der Waals surface area contributed by atoms with Crippen molar-refractivity contribution in [2.24, 2.45) is 0 Å². The topological polar surface area (TPSA) is 43.4 Å². The van der Waals surface area contributed by atoms with Crippen molar-refractivity contribution in [2.45, 2.75) is 0 Å². The zero-order valence-corrected chi connectivity index (χ0v) is 14.1. The number of carbonyl (C=O) groups excluding carboxylic acids is 2. The number of carbonyl (C=O) groups is 2. The Morgan fingerprint density at radius 3 is 1.36 bits per heavy atom. The largest absolute Gasteiger partial charge is 0.377 e. The van der Waals surface area contributed by atoms with Gasteiger partial charge in [-0.2, -0.15) is 0 Å². The number of benzene rings is 3. The second kappa shape index (κ2) is 9.96. The van der Waals surface area contributed by atoms with Crippen LogP contribution < -0.4 is 0 Å². The Morgan fingerprint density at radius 2 is 1.00 bits per heavy atom. The van der Waals surface area contributed by atoms with Gasteiger partial charge in [0.15, 0.2) is 11.6 Å². The number of methoxy groups -OCH3 is 1. The van der Waals surface area contributed by atoms with Gasteiger partial charge in [0.25, 0.3) is 0 Å². The van der Waals surface area contributed by atoms with Gasteiger partial charge in [-0.15, -0.1) is 0 Å². The summed E-state index contributed by atoms with van der Waals surface area (Å²) in [6.07, 6.45) is 0. The minimum atomic E-state index is 0.0214. The van der Waals surface area contributed by atoms with E-state index < -0.39 is 0 Å². The lowest BCUT2D eigenvalue weighted by atomic mass is 10.0. The summed E-state index contributed by atoms with van der Waals surface area (Å²) in [6.45, 7) is 0.157. The van der Waals surface area contributed by atoms with Crippen LogP contribution in [0.3, 0.4) is 0 Å². The molecule has 0 radical (unpaired) electrons. The maximum atomic E-state index is 11.8. The molecule has 0 aliphatic rings. The smallest absolute Gasteiger partial charge is 0.193 e. The number of rotatable bonds is 5. The molecule has 3 heteroatoms. The highest BCUT2D eigenvalue weighted by molar-refractivity contribution is 6.08. The Morgan fingerprint density at radius 1 is 0.640 bits per heavy atom. The van der Waals surface area contributed by atoms with Crippen LogP contribution in [0.2, 0.25) is 0 Å². The number of hydrogen-bond donors (Lipinski definition) is 0. The van der Waals surface area contributed by atoms with Crippen LogP contribution in [0.5, 0.6) is 0 Å². The molecule has 0 unspecified atom stereocenters. The summed E-state index contributed by atoms with van der Waals surface area (Å²) in [5.41, 5.74) is 2.17. The van der Waals surface area contributed by atoms with Crippen molar-refractivity contribution >= 4 is 11.6 Å². The molecule has 0 aliphatic carbocycles. The van der Waals surface area contributed by atoms with E-state index in [2.05, 4.69) is 0 Å². The molecule has 126 valence electrons. The monoisotopic (exact) mass is 332 g/mol. The van der Waals surface area contributed by atoms with E-state index in [9.17, 15) is 9.59 Å². The molecular formula is C22H20O3. The SMILES string of the molecule is COCC(=O)c1ccccc1.O=C(c1ccccc1)c1ccccc1. The number of ketones is 2. The first-order valence-electron chi connectivity index (χ1n) is 7.94. The van der Waals surface area contributed by atoms with Gasteiger partial charge in [-0.1, -0.05) is 91.0 Å². The van der Waals surface area contributed by atoms with Crippen molar-refractivity contribution in [3.8, 4) is 0 Å². The van der Waals surface area contributed by atoms with E-state index in [1.165, 1.54) is 7.11 Å². The zero-order valence-electron chi connectivity index (χ0n) is 14.1. The Bertz CT molecular complexity index is 740. The summed E-state index contributed by atoms with van der Waals surface area (Å²) in [4.78, 5) is 23.0. The van der Waals surface area contributed by atoms with Gasteiger partial charge < -0.3 is 4.74 Å². The van der Waals surface area contributed by atoms with E-state index in [1.807, 2.05) is 78.9 Å². The van der Waals surface area contributed by atoms with Crippen molar-refractivity contribution in [1.82, 2.24) is 0 Å². The first-order valence-corrected chi connectivity index (χ1v) is 7.94. The maximum absolute atomic E-state index is 11.8. The standard InChI is InChI=1S/C13H10O.C9H10O2/c14-13(11-7-3-1-4-8-11)12-9-5-2-6-10-12;1-11-7-9(10)8-5-3-2-4-6-8/h1-10H;2-6H,7H2,1H3. The second-order valence-corrected chi connectivity index (χ2v) is 5.28. The van der Waals surface area contributed by atoms with E-state index in [0.717, 1.165) is 11.1 Å². The van der Waals surface area contributed by atoms with Crippen molar-refractivity contribution < 1.29 is 14.3 Å². The van der Waals surface area contributed by atoms with Gasteiger partial charge in [-0.3, -0.25) is 9.59 Å². The Balaban J connectivity index is 0.000000186. The van der Waals surface area contributed by atoms with Gasteiger partial charge in [0.2, 0.25) is 0 Å². The van der Waals surface area contributed by atoms with Gasteiger partial charge in [-0.25, -0.2) is 0 Å². The normalized spacial score (nSPS) is 9.64. The summed E-state index contributed by atoms with van der Waals surface area (Å²) in [5, 5.41) is 0. The van der Waals surface area contributed by atoms with Gasteiger partial charge in [-0.05, 0) is 0 Å². The highest BCUT2D eigenvalue weighted by atomic mass is 16.5. The van der Waals surface area contributed by atoms with E-state index in [1.54, 1.807) is 12.1 Å². The first kappa shape index (κ1) is 18.3. The lowest BCUT2D eigenvalue weighted by Gasteiger charge is -1.99. The van der Waals surface area contributed by atoms with Crippen molar-refractivity contribution in [1.29, 1.82) is 0 Å². The Labute approximate surface area is 147 Å². The van der Waals surface area contributed by atoms with Gasteiger partial charge in [0.1, 0.15) is 6.61 Å². The Kier molecular flexibility index (Phi) is 7.29. The number of Topliss-reactive ketones (excluding diaryl/α,β-unsaturated/α-hetero) is 1. The lowest BCUT2D eigenvalue weighted by molar-refractivity contribution is 0.0848. The molecule has 0 heterocycles. The average Bonchev–Trinajstić information content (AvgIpc) is 2.70. The fraction of sp³-hybridized carbons (Fsp3) is 0.0909. The van der Waals surface area contributed by atoms with Crippen LogP contribution in [0.1, 0.15) is 26.3 Å². The molecule has 0 fully saturated rings. The van der Waals surface area contributed by atoms with Crippen LogP contribution in [0.15, 0.2) is 91.0 Å². The number of hydrogen-bond acceptors (Lipinski definition) is 3.